The summed E-state index contributed by atoms with van der Waals surface area (Å²) in [7, 11) is 1.63. The first-order valence-corrected chi connectivity index (χ1v) is 6.55. The van der Waals surface area contributed by atoms with Gasteiger partial charge in [-0.3, -0.25) is 4.79 Å². The highest BCUT2D eigenvalue weighted by atomic mass is 16.5. The van der Waals surface area contributed by atoms with E-state index in [4.69, 9.17) is 4.74 Å². The van der Waals surface area contributed by atoms with Crippen LogP contribution in [0.1, 0.15) is 40.0 Å². The molecule has 0 aromatic rings. The van der Waals surface area contributed by atoms with E-state index in [9.17, 15) is 4.79 Å². The predicted molar refractivity (Wildman–Crippen MR) is 71.0 cm³/mol. The van der Waals surface area contributed by atoms with Crippen LogP contribution in [0.3, 0.4) is 0 Å². The van der Waals surface area contributed by atoms with E-state index in [1.54, 1.807) is 7.11 Å². The van der Waals surface area contributed by atoms with Crippen molar-refractivity contribution in [2.24, 2.45) is 5.92 Å². The summed E-state index contributed by atoms with van der Waals surface area (Å²) >= 11 is 0. The molecule has 0 aromatic carbocycles. The highest BCUT2D eigenvalue weighted by Crippen LogP contribution is 2.06. The molecule has 0 saturated carbocycles. The molecule has 0 rings (SSSR count). The molecule has 4 nitrogen and oxygen atoms in total. The third-order valence-corrected chi connectivity index (χ3v) is 2.65. The first kappa shape index (κ1) is 16.4. The third-order valence-electron chi connectivity index (χ3n) is 2.65. The highest BCUT2D eigenvalue weighted by molar-refractivity contribution is 5.75. The van der Waals surface area contributed by atoms with Gasteiger partial charge in [0.1, 0.15) is 0 Å². The lowest BCUT2D eigenvalue weighted by atomic mass is 10.0. The van der Waals surface area contributed by atoms with Crippen molar-refractivity contribution >= 4 is 5.91 Å². The van der Waals surface area contributed by atoms with Crippen LogP contribution in [0, 0.1) is 5.92 Å². The van der Waals surface area contributed by atoms with Gasteiger partial charge in [-0.2, -0.15) is 0 Å². The lowest BCUT2D eigenvalue weighted by Crippen LogP contribution is -2.33. The monoisotopic (exact) mass is 244 g/mol. The second-order valence-electron chi connectivity index (χ2n) is 4.92. The number of amides is 1. The zero-order valence-corrected chi connectivity index (χ0v) is 11.7. The molecule has 0 spiro atoms. The van der Waals surface area contributed by atoms with E-state index in [1.807, 2.05) is 0 Å². The minimum Gasteiger partial charge on any atom is -0.383 e. The van der Waals surface area contributed by atoms with Crippen LogP contribution in [-0.2, 0) is 9.53 Å². The van der Waals surface area contributed by atoms with E-state index in [0.717, 1.165) is 12.5 Å². The van der Waals surface area contributed by atoms with Crippen molar-refractivity contribution in [3.05, 3.63) is 0 Å². The molecule has 1 amide bonds. The number of nitrogens with one attached hydrogen (secondary N) is 2. The summed E-state index contributed by atoms with van der Waals surface area (Å²) in [6.45, 7) is 8.55. The molecule has 0 aliphatic heterocycles. The number of carbonyl (C=O) groups is 1. The van der Waals surface area contributed by atoms with Crippen molar-refractivity contribution in [3.63, 3.8) is 0 Å². The van der Waals surface area contributed by atoms with Crippen LogP contribution in [0.2, 0.25) is 0 Å². The number of carbonyl (C=O) groups excluding carboxylic acids is 1. The topological polar surface area (TPSA) is 50.4 Å². The lowest BCUT2D eigenvalue weighted by Gasteiger charge is -2.14. The molecule has 0 heterocycles. The van der Waals surface area contributed by atoms with E-state index in [0.29, 0.717) is 25.6 Å². The average Bonchev–Trinajstić information content (AvgIpc) is 2.27. The molecule has 102 valence electrons. The number of hydrogen-bond acceptors (Lipinski definition) is 3. The molecule has 2 N–H and O–H groups in total. The molecule has 1 unspecified atom stereocenters. The maximum atomic E-state index is 11.4. The Morgan fingerprint density at radius 2 is 1.88 bits per heavy atom. The fourth-order valence-corrected chi connectivity index (χ4v) is 1.50. The van der Waals surface area contributed by atoms with E-state index in [2.05, 4.69) is 31.4 Å². The standard InChI is InChI=1S/C13H28N2O2/c1-11(2)5-6-12(3)14-8-7-13(16)15-9-10-17-4/h11-12,14H,5-10H2,1-4H3,(H,15,16). The predicted octanol–water partition coefficient (Wildman–Crippen LogP) is 1.55. The maximum Gasteiger partial charge on any atom is 0.221 e. The van der Waals surface area contributed by atoms with E-state index in [1.165, 1.54) is 12.8 Å². The fourth-order valence-electron chi connectivity index (χ4n) is 1.50. The summed E-state index contributed by atoms with van der Waals surface area (Å²) in [5, 5.41) is 6.17. The van der Waals surface area contributed by atoms with Gasteiger partial charge in [-0.15, -0.1) is 0 Å². The van der Waals surface area contributed by atoms with Gasteiger partial charge >= 0.3 is 0 Å². The summed E-state index contributed by atoms with van der Waals surface area (Å²) in [6.07, 6.45) is 2.94. The van der Waals surface area contributed by atoms with Crippen LogP contribution in [0.25, 0.3) is 0 Å². The molecular formula is C13H28N2O2. The van der Waals surface area contributed by atoms with Gasteiger partial charge < -0.3 is 15.4 Å². The Labute approximate surface area is 105 Å². The fraction of sp³-hybridized carbons (Fsp3) is 0.923. The smallest absolute Gasteiger partial charge is 0.221 e. The number of rotatable bonds is 10. The van der Waals surface area contributed by atoms with Crippen molar-refractivity contribution in [2.75, 3.05) is 26.8 Å². The van der Waals surface area contributed by atoms with Gasteiger partial charge in [0.05, 0.1) is 6.61 Å². The molecule has 0 aromatic heterocycles. The van der Waals surface area contributed by atoms with Crippen LogP contribution < -0.4 is 10.6 Å². The van der Waals surface area contributed by atoms with Gasteiger partial charge in [-0.25, -0.2) is 0 Å². The van der Waals surface area contributed by atoms with Crippen molar-refractivity contribution in [1.29, 1.82) is 0 Å². The van der Waals surface area contributed by atoms with Gasteiger partial charge in [-0.05, 0) is 25.7 Å². The van der Waals surface area contributed by atoms with Crippen LogP contribution in [0.5, 0.6) is 0 Å². The molecule has 0 aliphatic rings. The quantitative estimate of drug-likeness (QED) is 0.573. The maximum absolute atomic E-state index is 11.4. The molecule has 0 saturated heterocycles. The van der Waals surface area contributed by atoms with E-state index < -0.39 is 0 Å². The van der Waals surface area contributed by atoms with Gasteiger partial charge in [0.2, 0.25) is 5.91 Å². The molecule has 17 heavy (non-hydrogen) atoms. The summed E-state index contributed by atoms with van der Waals surface area (Å²) < 4.78 is 4.86. The molecule has 0 bridgehead atoms. The highest BCUT2D eigenvalue weighted by Gasteiger charge is 2.04. The Balaban J connectivity index is 3.39. The van der Waals surface area contributed by atoms with Crippen LogP contribution in [0.15, 0.2) is 0 Å². The summed E-state index contributed by atoms with van der Waals surface area (Å²) in [4.78, 5) is 11.4. The number of methoxy groups -OCH3 is 1. The molecular weight excluding hydrogens is 216 g/mol. The molecule has 4 heteroatoms. The normalized spacial score (nSPS) is 12.8. The summed E-state index contributed by atoms with van der Waals surface area (Å²) in [5.74, 6) is 0.835. The van der Waals surface area contributed by atoms with Gasteiger partial charge in [0.15, 0.2) is 0 Å². The zero-order chi connectivity index (χ0) is 13.1. The minimum atomic E-state index is 0.0885. The molecule has 1 atom stereocenters. The average molecular weight is 244 g/mol. The number of ether oxygens (including phenoxy) is 1. The molecule has 0 aliphatic carbocycles. The molecule has 0 radical (unpaired) electrons. The third kappa shape index (κ3) is 11.6. The Morgan fingerprint density at radius 3 is 2.47 bits per heavy atom. The van der Waals surface area contributed by atoms with Crippen LogP contribution in [-0.4, -0.2) is 38.8 Å². The van der Waals surface area contributed by atoms with Crippen molar-refractivity contribution in [1.82, 2.24) is 10.6 Å². The second kappa shape index (κ2) is 10.5. The van der Waals surface area contributed by atoms with Gasteiger partial charge in [-0.1, -0.05) is 13.8 Å². The second-order valence-corrected chi connectivity index (χ2v) is 4.92. The minimum absolute atomic E-state index is 0.0885. The number of hydrogen-bond donors (Lipinski definition) is 2. The van der Waals surface area contributed by atoms with E-state index >= 15 is 0 Å². The van der Waals surface area contributed by atoms with Crippen LogP contribution in [0.4, 0.5) is 0 Å². The summed E-state index contributed by atoms with van der Waals surface area (Å²) in [6, 6.07) is 0.490. The zero-order valence-electron chi connectivity index (χ0n) is 11.7. The van der Waals surface area contributed by atoms with Crippen molar-refractivity contribution in [2.45, 2.75) is 46.1 Å². The SMILES string of the molecule is COCCNC(=O)CCNC(C)CCC(C)C. The summed E-state index contributed by atoms with van der Waals surface area (Å²) in [5.41, 5.74) is 0. The first-order valence-electron chi connectivity index (χ1n) is 6.55. The van der Waals surface area contributed by atoms with Gasteiger partial charge in [0.25, 0.3) is 0 Å². The Kier molecular flexibility index (Phi) is 10.2. The largest absolute Gasteiger partial charge is 0.383 e. The van der Waals surface area contributed by atoms with Gasteiger partial charge in [0, 0.05) is 32.7 Å². The Morgan fingerprint density at radius 1 is 1.18 bits per heavy atom. The van der Waals surface area contributed by atoms with Crippen molar-refractivity contribution in [3.8, 4) is 0 Å². The molecule has 0 fully saturated rings. The Bertz CT molecular complexity index is 196. The van der Waals surface area contributed by atoms with E-state index in [-0.39, 0.29) is 5.91 Å². The van der Waals surface area contributed by atoms with Crippen LogP contribution >= 0.6 is 0 Å². The Hall–Kier alpha value is -0.610. The van der Waals surface area contributed by atoms with Crippen molar-refractivity contribution < 1.29 is 9.53 Å². The lowest BCUT2D eigenvalue weighted by molar-refractivity contribution is -0.121. The first-order chi connectivity index (χ1) is 8.06.